The Hall–Kier alpha value is -0.130. The number of likely N-dealkylation sites (N-methyl/N-ethyl adjacent to an activating group) is 1. The monoisotopic (exact) mass is 271 g/mol. The molecule has 0 aliphatic carbocycles. The first kappa shape index (κ1) is 13.3. The van der Waals surface area contributed by atoms with Gasteiger partial charge in [-0.1, -0.05) is 6.92 Å². The second-order valence-electron chi connectivity index (χ2n) is 4.49. The van der Waals surface area contributed by atoms with Gasteiger partial charge in [-0.2, -0.15) is 28.6 Å². The number of aryl methyl sites for hydroxylation is 1. The Morgan fingerprint density at radius 3 is 2.88 bits per heavy atom. The molecular formula is C12H21N3S2. The van der Waals surface area contributed by atoms with Crippen molar-refractivity contribution in [3.63, 3.8) is 0 Å². The number of aromatic nitrogens is 2. The van der Waals surface area contributed by atoms with E-state index < -0.39 is 0 Å². The Labute approximate surface area is 112 Å². The maximum Gasteiger partial charge on any atom is 0.0640 e. The third-order valence-corrected chi connectivity index (χ3v) is 6.45. The molecule has 0 amide bonds. The first-order chi connectivity index (χ1) is 8.20. The van der Waals surface area contributed by atoms with Crippen molar-refractivity contribution < 1.29 is 0 Å². The van der Waals surface area contributed by atoms with Crippen LogP contribution in [0.25, 0.3) is 0 Å². The van der Waals surface area contributed by atoms with Gasteiger partial charge in [0.25, 0.3) is 0 Å². The van der Waals surface area contributed by atoms with Gasteiger partial charge in [-0.25, -0.2) is 0 Å². The van der Waals surface area contributed by atoms with Crippen LogP contribution in [0.2, 0.25) is 0 Å². The number of hydrogen-bond donors (Lipinski definition) is 1. The highest BCUT2D eigenvalue weighted by Crippen LogP contribution is 2.33. The number of thioether (sulfide) groups is 2. The fraction of sp³-hybridized carbons (Fsp3) is 0.750. The lowest BCUT2D eigenvalue weighted by Gasteiger charge is -2.34. The smallest absolute Gasteiger partial charge is 0.0640 e. The molecule has 1 N–H and O–H groups in total. The molecule has 0 bridgehead atoms. The third-order valence-electron chi connectivity index (χ3n) is 3.20. The molecule has 1 aromatic rings. The Balaban J connectivity index is 2.00. The fourth-order valence-electron chi connectivity index (χ4n) is 2.27. The molecule has 2 rings (SSSR count). The van der Waals surface area contributed by atoms with E-state index in [2.05, 4.69) is 54.0 Å². The van der Waals surface area contributed by atoms with Crippen molar-refractivity contribution in [2.75, 3.05) is 18.6 Å². The number of rotatable bonds is 4. The van der Waals surface area contributed by atoms with E-state index in [1.165, 1.54) is 17.2 Å². The van der Waals surface area contributed by atoms with E-state index in [1.54, 1.807) is 0 Å². The van der Waals surface area contributed by atoms with E-state index in [1.807, 2.05) is 17.9 Å². The minimum atomic E-state index is 0.526. The van der Waals surface area contributed by atoms with Crippen LogP contribution in [0.4, 0.5) is 0 Å². The van der Waals surface area contributed by atoms with Gasteiger partial charge in [0, 0.05) is 47.7 Å². The van der Waals surface area contributed by atoms with Crippen LogP contribution in [-0.2, 0) is 13.5 Å². The molecule has 3 unspecified atom stereocenters. The van der Waals surface area contributed by atoms with Crippen molar-refractivity contribution >= 4 is 23.5 Å². The highest BCUT2D eigenvalue weighted by Gasteiger charge is 2.29. The van der Waals surface area contributed by atoms with Gasteiger partial charge in [-0.05, 0) is 13.1 Å². The van der Waals surface area contributed by atoms with Gasteiger partial charge in [0.1, 0.15) is 0 Å². The van der Waals surface area contributed by atoms with Crippen molar-refractivity contribution in [2.45, 2.75) is 29.9 Å². The minimum absolute atomic E-state index is 0.526. The molecule has 1 aliphatic rings. The van der Waals surface area contributed by atoms with Gasteiger partial charge in [0.15, 0.2) is 0 Å². The molecule has 1 fully saturated rings. The number of hydrogen-bond acceptors (Lipinski definition) is 4. The van der Waals surface area contributed by atoms with Crippen LogP contribution in [0.15, 0.2) is 12.3 Å². The standard InChI is InChI=1S/C12H21N3S2/c1-9-12(17-7-6-16-9)11(13-2)8-10-4-5-15(3)14-10/h4-5,9,11-13H,6-8H2,1-3H3. The molecule has 3 nitrogen and oxygen atoms in total. The van der Waals surface area contributed by atoms with Gasteiger partial charge in [-0.15, -0.1) is 0 Å². The van der Waals surface area contributed by atoms with Gasteiger partial charge >= 0.3 is 0 Å². The summed E-state index contributed by atoms with van der Waals surface area (Å²) in [4.78, 5) is 0. The molecule has 96 valence electrons. The van der Waals surface area contributed by atoms with Crippen molar-refractivity contribution in [2.24, 2.45) is 7.05 Å². The summed E-state index contributed by atoms with van der Waals surface area (Å²) in [7, 11) is 4.05. The van der Waals surface area contributed by atoms with Crippen LogP contribution in [-0.4, -0.2) is 44.9 Å². The summed E-state index contributed by atoms with van der Waals surface area (Å²) < 4.78 is 1.88. The van der Waals surface area contributed by atoms with Crippen molar-refractivity contribution in [3.05, 3.63) is 18.0 Å². The highest BCUT2D eigenvalue weighted by atomic mass is 32.2. The van der Waals surface area contributed by atoms with Gasteiger partial charge < -0.3 is 5.32 Å². The lowest BCUT2D eigenvalue weighted by molar-refractivity contribution is 0.522. The first-order valence-electron chi connectivity index (χ1n) is 6.09. The summed E-state index contributed by atoms with van der Waals surface area (Å²) in [5.74, 6) is 2.57. The Morgan fingerprint density at radius 2 is 2.29 bits per heavy atom. The quantitative estimate of drug-likeness (QED) is 0.904. The van der Waals surface area contributed by atoms with E-state index in [9.17, 15) is 0 Å². The highest BCUT2D eigenvalue weighted by molar-refractivity contribution is 8.07. The van der Waals surface area contributed by atoms with Crippen molar-refractivity contribution in [1.82, 2.24) is 15.1 Å². The Bertz CT molecular complexity index is 353. The van der Waals surface area contributed by atoms with Crippen LogP contribution in [0, 0.1) is 0 Å². The Kier molecular flexibility index (Phi) is 4.82. The molecule has 1 saturated heterocycles. The summed E-state index contributed by atoms with van der Waals surface area (Å²) >= 11 is 4.21. The molecule has 0 aromatic carbocycles. The van der Waals surface area contributed by atoms with E-state index in [-0.39, 0.29) is 0 Å². The molecule has 0 saturated carbocycles. The average Bonchev–Trinajstić information content (AvgIpc) is 2.73. The predicted octanol–water partition coefficient (Wildman–Crippen LogP) is 1.79. The lowest BCUT2D eigenvalue weighted by atomic mass is 10.1. The average molecular weight is 271 g/mol. The molecule has 1 aliphatic heterocycles. The van der Waals surface area contributed by atoms with E-state index in [4.69, 9.17) is 0 Å². The zero-order valence-electron chi connectivity index (χ0n) is 10.7. The van der Waals surface area contributed by atoms with Crippen molar-refractivity contribution in [3.8, 4) is 0 Å². The SMILES string of the molecule is CNC(Cc1ccn(C)n1)C1SCCSC1C. The van der Waals surface area contributed by atoms with E-state index >= 15 is 0 Å². The second-order valence-corrected chi connectivity index (χ2v) is 7.26. The summed E-state index contributed by atoms with van der Waals surface area (Å²) in [5, 5.41) is 9.38. The fourth-order valence-corrected chi connectivity index (χ4v) is 5.27. The molecule has 1 aromatic heterocycles. The topological polar surface area (TPSA) is 29.9 Å². The molecule has 5 heteroatoms. The number of nitrogens with one attached hydrogen (secondary N) is 1. The summed E-state index contributed by atoms with van der Waals surface area (Å²) in [6.07, 6.45) is 3.05. The third kappa shape index (κ3) is 3.42. The molecular weight excluding hydrogens is 250 g/mol. The summed E-state index contributed by atoms with van der Waals surface area (Å²) in [6, 6.07) is 2.65. The summed E-state index contributed by atoms with van der Waals surface area (Å²) in [6.45, 7) is 2.35. The van der Waals surface area contributed by atoms with Gasteiger partial charge in [0.2, 0.25) is 0 Å². The first-order valence-corrected chi connectivity index (χ1v) is 8.19. The zero-order valence-corrected chi connectivity index (χ0v) is 12.4. The zero-order chi connectivity index (χ0) is 12.3. The maximum atomic E-state index is 4.48. The van der Waals surface area contributed by atoms with E-state index in [0.717, 1.165) is 11.7 Å². The van der Waals surface area contributed by atoms with Gasteiger partial charge in [-0.3, -0.25) is 4.68 Å². The second kappa shape index (κ2) is 6.16. The van der Waals surface area contributed by atoms with Crippen molar-refractivity contribution in [1.29, 1.82) is 0 Å². The molecule has 0 radical (unpaired) electrons. The van der Waals surface area contributed by atoms with E-state index in [0.29, 0.717) is 11.3 Å². The van der Waals surface area contributed by atoms with Crippen LogP contribution >= 0.6 is 23.5 Å². The van der Waals surface area contributed by atoms with Crippen LogP contribution < -0.4 is 5.32 Å². The van der Waals surface area contributed by atoms with Crippen LogP contribution in [0.3, 0.4) is 0 Å². The maximum absolute atomic E-state index is 4.48. The van der Waals surface area contributed by atoms with Crippen LogP contribution in [0.1, 0.15) is 12.6 Å². The largest absolute Gasteiger partial charge is 0.315 e. The normalized spacial score (nSPS) is 27.0. The summed E-state index contributed by atoms with van der Waals surface area (Å²) in [5.41, 5.74) is 1.19. The lowest BCUT2D eigenvalue weighted by Crippen LogP contribution is -2.44. The van der Waals surface area contributed by atoms with Crippen LogP contribution in [0.5, 0.6) is 0 Å². The van der Waals surface area contributed by atoms with Gasteiger partial charge in [0.05, 0.1) is 5.69 Å². The predicted molar refractivity (Wildman–Crippen MR) is 77.9 cm³/mol. The molecule has 2 heterocycles. The number of nitrogens with zero attached hydrogens (tertiary/aromatic N) is 2. The Morgan fingerprint density at radius 1 is 1.53 bits per heavy atom. The minimum Gasteiger partial charge on any atom is -0.315 e. The molecule has 17 heavy (non-hydrogen) atoms. The molecule has 0 spiro atoms. The molecule has 3 atom stereocenters.